The summed E-state index contributed by atoms with van der Waals surface area (Å²) in [7, 11) is 0. The number of nitrogens with two attached hydrogens (primary N) is 1. The van der Waals surface area contributed by atoms with Gasteiger partial charge in [-0.2, -0.15) is 0 Å². The normalized spacial score (nSPS) is 19.3. The Kier molecular flexibility index (Phi) is 3.29. The van der Waals surface area contributed by atoms with Crippen molar-refractivity contribution in [3.05, 3.63) is 24.5 Å². The molecule has 0 atom stereocenters. The zero-order chi connectivity index (χ0) is 11.4. The Hall–Kier alpha value is -1.29. The predicted molar refractivity (Wildman–Crippen MR) is 63.4 cm³/mol. The second-order valence-electron chi connectivity index (χ2n) is 4.73. The summed E-state index contributed by atoms with van der Waals surface area (Å²) in [6.07, 6.45) is 9.51. The molecule has 0 radical (unpaired) electrons. The number of amides is 1. The Morgan fingerprint density at radius 3 is 2.50 bits per heavy atom. The van der Waals surface area contributed by atoms with Gasteiger partial charge in [0.05, 0.1) is 0 Å². The van der Waals surface area contributed by atoms with Crippen molar-refractivity contribution in [3.63, 3.8) is 0 Å². The van der Waals surface area contributed by atoms with Crippen LogP contribution in [0.5, 0.6) is 0 Å². The molecule has 1 aromatic rings. The van der Waals surface area contributed by atoms with Crippen molar-refractivity contribution in [1.82, 2.24) is 4.68 Å². The highest BCUT2D eigenvalue weighted by molar-refractivity contribution is 5.84. The van der Waals surface area contributed by atoms with E-state index < -0.39 is 0 Å². The fourth-order valence-electron chi connectivity index (χ4n) is 2.35. The Morgan fingerprint density at radius 2 is 1.88 bits per heavy atom. The Morgan fingerprint density at radius 1 is 1.25 bits per heavy atom. The van der Waals surface area contributed by atoms with Gasteiger partial charge in [-0.3, -0.25) is 14.9 Å². The van der Waals surface area contributed by atoms with Crippen LogP contribution in [0.3, 0.4) is 0 Å². The van der Waals surface area contributed by atoms with Crippen LogP contribution >= 0.6 is 0 Å². The van der Waals surface area contributed by atoms with Gasteiger partial charge >= 0.3 is 0 Å². The van der Waals surface area contributed by atoms with Crippen LogP contribution in [0.25, 0.3) is 0 Å². The van der Waals surface area contributed by atoms with Crippen LogP contribution in [0.15, 0.2) is 24.5 Å². The molecule has 0 unspecified atom stereocenters. The van der Waals surface area contributed by atoms with E-state index in [1.165, 1.54) is 6.42 Å². The summed E-state index contributed by atoms with van der Waals surface area (Å²) >= 11 is 0. The zero-order valence-electron chi connectivity index (χ0n) is 9.48. The topological polar surface area (TPSA) is 60.1 Å². The molecule has 4 heteroatoms. The maximum atomic E-state index is 11.8. The number of aromatic nitrogens is 1. The van der Waals surface area contributed by atoms with Crippen molar-refractivity contribution in [1.29, 1.82) is 0 Å². The van der Waals surface area contributed by atoms with Gasteiger partial charge in [0.2, 0.25) is 5.91 Å². The number of carbonyl (C=O) groups excluding carboxylic acids is 1. The molecular weight excluding hydrogens is 202 g/mol. The highest BCUT2D eigenvalue weighted by atomic mass is 16.2. The van der Waals surface area contributed by atoms with Gasteiger partial charge in [-0.1, -0.05) is 19.3 Å². The van der Waals surface area contributed by atoms with Crippen LogP contribution in [0.4, 0.5) is 0 Å². The minimum Gasteiger partial charge on any atom is -0.325 e. The first-order valence-electron chi connectivity index (χ1n) is 5.90. The van der Waals surface area contributed by atoms with Crippen molar-refractivity contribution < 1.29 is 4.79 Å². The molecule has 4 nitrogen and oxygen atoms in total. The van der Waals surface area contributed by atoms with Crippen LogP contribution < -0.4 is 11.2 Å². The smallest absolute Gasteiger partial charge is 0.240 e. The van der Waals surface area contributed by atoms with Gasteiger partial charge < -0.3 is 5.73 Å². The van der Waals surface area contributed by atoms with Gasteiger partial charge in [-0.05, 0) is 25.0 Å². The molecular formula is C12H19N3O. The van der Waals surface area contributed by atoms with Gasteiger partial charge in [0.15, 0.2) is 0 Å². The van der Waals surface area contributed by atoms with Gasteiger partial charge in [0, 0.05) is 24.4 Å². The molecule has 3 N–H and O–H groups in total. The van der Waals surface area contributed by atoms with E-state index in [1.807, 2.05) is 24.5 Å². The summed E-state index contributed by atoms with van der Waals surface area (Å²) in [5, 5.41) is 0. The van der Waals surface area contributed by atoms with Gasteiger partial charge in [-0.25, -0.2) is 0 Å². The molecule has 1 aliphatic rings. The Bertz CT molecular complexity index is 339. The van der Waals surface area contributed by atoms with Gasteiger partial charge in [-0.15, -0.1) is 0 Å². The lowest BCUT2D eigenvalue weighted by molar-refractivity contribution is -0.118. The number of carbonyl (C=O) groups is 1. The van der Waals surface area contributed by atoms with Crippen LogP contribution in [0.1, 0.15) is 38.5 Å². The Balaban J connectivity index is 1.86. The maximum absolute atomic E-state index is 11.8. The van der Waals surface area contributed by atoms with E-state index in [-0.39, 0.29) is 11.4 Å². The maximum Gasteiger partial charge on any atom is 0.240 e. The molecule has 1 amide bonds. The third-order valence-electron chi connectivity index (χ3n) is 3.22. The van der Waals surface area contributed by atoms with E-state index in [1.54, 1.807) is 4.68 Å². The molecule has 1 heterocycles. The molecule has 0 saturated heterocycles. The summed E-state index contributed by atoms with van der Waals surface area (Å²) in [4.78, 5) is 11.8. The molecule has 1 aromatic heterocycles. The summed E-state index contributed by atoms with van der Waals surface area (Å²) in [5.74, 6) is 0.000556. The lowest BCUT2D eigenvalue weighted by Gasteiger charge is -2.32. The van der Waals surface area contributed by atoms with Crippen molar-refractivity contribution in [2.75, 3.05) is 5.43 Å². The average molecular weight is 221 g/mol. The fraction of sp³-hybridized carbons (Fsp3) is 0.583. The number of rotatable bonds is 3. The third kappa shape index (κ3) is 2.85. The van der Waals surface area contributed by atoms with E-state index >= 15 is 0 Å². The molecule has 88 valence electrons. The number of nitrogens with one attached hydrogen (secondary N) is 1. The average Bonchev–Trinajstić information content (AvgIpc) is 2.70. The lowest BCUT2D eigenvalue weighted by atomic mass is 9.80. The molecule has 1 saturated carbocycles. The lowest BCUT2D eigenvalue weighted by Crippen LogP contribution is -2.45. The monoisotopic (exact) mass is 221 g/mol. The number of hydrogen-bond acceptors (Lipinski definition) is 2. The quantitative estimate of drug-likeness (QED) is 0.814. The summed E-state index contributed by atoms with van der Waals surface area (Å²) < 4.78 is 1.66. The third-order valence-corrected chi connectivity index (χ3v) is 3.22. The molecule has 0 bridgehead atoms. The first kappa shape index (κ1) is 11.2. The van der Waals surface area contributed by atoms with Crippen LogP contribution in [-0.4, -0.2) is 16.1 Å². The van der Waals surface area contributed by atoms with E-state index in [0.717, 1.165) is 25.7 Å². The van der Waals surface area contributed by atoms with Gasteiger partial charge in [0.25, 0.3) is 0 Å². The second kappa shape index (κ2) is 4.70. The standard InChI is InChI=1S/C12H19N3O/c13-12(6-2-1-3-7-12)10-11(16)14-15-8-4-5-9-15/h4-5,8-9H,1-3,6-7,10,13H2,(H,14,16). The number of nitrogens with zero attached hydrogens (tertiary/aromatic N) is 1. The van der Waals surface area contributed by atoms with Crippen molar-refractivity contribution in [2.45, 2.75) is 44.1 Å². The summed E-state index contributed by atoms with van der Waals surface area (Å²) in [6.45, 7) is 0. The molecule has 0 spiro atoms. The van der Waals surface area contributed by atoms with Crippen molar-refractivity contribution in [2.24, 2.45) is 5.73 Å². The Labute approximate surface area is 95.8 Å². The molecule has 1 aliphatic carbocycles. The largest absolute Gasteiger partial charge is 0.325 e. The fourth-order valence-corrected chi connectivity index (χ4v) is 2.35. The predicted octanol–water partition coefficient (Wildman–Crippen LogP) is 1.61. The molecule has 0 aromatic carbocycles. The molecule has 1 fully saturated rings. The second-order valence-corrected chi connectivity index (χ2v) is 4.73. The first-order chi connectivity index (χ1) is 7.68. The highest BCUT2D eigenvalue weighted by Crippen LogP contribution is 2.28. The summed E-state index contributed by atoms with van der Waals surface area (Å²) in [5.41, 5.74) is 8.73. The number of hydrogen-bond donors (Lipinski definition) is 2. The van der Waals surface area contributed by atoms with Crippen molar-refractivity contribution in [3.8, 4) is 0 Å². The SMILES string of the molecule is NC1(CC(=O)Nn2cccc2)CCCCC1. The molecule has 2 rings (SSSR count). The van der Waals surface area contributed by atoms with Crippen LogP contribution in [-0.2, 0) is 4.79 Å². The van der Waals surface area contributed by atoms with Gasteiger partial charge in [0.1, 0.15) is 0 Å². The van der Waals surface area contributed by atoms with Crippen molar-refractivity contribution >= 4 is 5.91 Å². The van der Waals surface area contributed by atoms with E-state index in [4.69, 9.17) is 5.73 Å². The van der Waals surface area contributed by atoms with E-state index in [9.17, 15) is 4.79 Å². The molecule has 0 aliphatic heterocycles. The van der Waals surface area contributed by atoms with E-state index in [0.29, 0.717) is 6.42 Å². The minimum absolute atomic E-state index is 0.000556. The van der Waals surface area contributed by atoms with Crippen LogP contribution in [0, 0.1) is 0 Å². The highest BCUT2D eigenvalue weighted by Gasteiger charge is 2.29. The van der Waals surface area contributed by atoms with E-state index in [2.05, 4.69) is 5.43 Å². The minimum atomic E-state index is -0.282. The van der Waals surface area contributed by atoms with Crippen LogP contribution in [0.2, 0.25) is 0 Å². The summed E-state index contributed by atoms with van der Waals surface area (Å²) in [6, 6.07) is 3.75. The molecule has 16 heavy (non-hydrogen) atoms. The first-order valence-corrected chi connectivity index (χ1v) is 5.90. The zero-order valence-corrected chi connectivity index (χ0v) is 9.48.